The number of alkyl halides is 1. The van der Waals surface area contributed by atoms with E-state index in [1.165, 1.54) is 12.8 Å². The van der Waals surface area contributed by atoms with Gasteiger partial charge in [-0.05, 0) is 0 Å². The number of likely N-dealkylation sites (N-methyl/N-ethyl adjacent to an activating group) is 1. The average molecular weight is 283 g/mol. The van der Waals surface area contributed by atoms with Crippen molar-refractivity contribution >= 4 is 0 Å². The number of hydrogen-bond acceptors (Lipinski definition) is 3. The molecule has 0 spiro atoms. The first-order valence-corrected chi connectivity index (χ1v) is 6.58. The van der Waals surface area contributed by atoms with E-state index in [4.69, 9.17) is 3.07 Å². The molecule has 2 heterocycles. The van der Waals surface area contributed by atoms with Gasteiger partial charge >= 0.3 is 84.6 Å². The van der Waals surface area contributed by atoms with Crippen LogP contribution in [0, 0.1) is 0 Å². The third-order valence-corrected chi connectivity index (χ3v) is 5.58. The number of halogens is 1. The number of nitrogens with zero attached hydrogens (tertiary/aromatic N) is 1. The van der Waals surface area contributed by atoms with Gasteiger partial charge in [-0.15, -0.1) is 0 Å². The van der Waals surface area contributed by atoms with Crippen molar-refractivity contribution in [2.24, 2.45) is 0 Å². The van der Waals surface area contributed by atoms with Crippen molar-refractivity contribution in [3.8, 4) is 0 Å². The Balaban J connectivity index is 2.02. The van der Waals surface area contributed by atoms with Crippen LogP contribution in [0.15, 0.2) is 0 Å². The van der Waals surface area contributed by atoms with Crippen LogP contribution >= 0.6 is 0 Å². The summed E-state index contributed by atoms with van der Waals surface area (Å²) >= 11 is -0.0148. The van der Waals surface area contributed by atoms with E-state index in [2.05, 4.69) is 24.3 Å². The molecule has 72 valence electrons. The fourth-order valence-corrected chi connectivity index (χ4v) is 4.60. The first kappa shape index (κ1) is 9.18. The van der Waals surface area contributed by atoms with Crippen molar-refractivity contribution in [1.82, 2.24) is 10.2 Å². The van der Waals surface area contributed by atoms with Gasteiger partial charge in [0.2, 0.25) is 0 Å². The number of hydrogen-bond donors (Lipinski definition) is 1. The van der Waals surface area contributed by atoms with E-state index in [0.717, 1.165) is 16.7 Å². The zero-order valence-corrected chi connectivity index (χ0v) is 9.74. The summed E-state index contributed by atoms with van der Waals surface area (Å²) in [5.74, 6) is 0. The van der Waals surface area contributed by atoms with Crippen molar-refractivity contribution in [2.75, 3.05) is 20.7 Å². The Hall–Kier alpha value is 0.610. The fraction of sp³-hybridized carbons (Fsp3) is 1.00. The summed E-state index contributed by atoms with van der Waals surface area (Å²) in [5, 5.41) is 3.39. The predicted molar refractivity (Wildman–Crippen MR) is 43.4 cm³/mol. The average Bonchev–Trinajstić information content (AvgIpc) is 2.04. The van der Waals surface area contributed by atoms with Crippen LogP contribution in [0.25, 0.3) is 0 Å². The molecule has 2 aliphatic rings. The van der Waals surface area contributed by atoms with Gasteiger partial charge in [-0.25, -0.2) is 0 Å². The van der Waals surface area contributed by atoms with Crippen molar-refractivity contribution < 1.29 is 24.7 Å². The first-order chi connectivity index (χ1) is 5.81. The maximum atomic E-state index is 5.64. The Kier molecular flexibility index (Phi) is 2.89. The Bertz CT molecular complexity index is 153. The molecular weight excluding hydrogens is 267 g/mol. The molecule has 4 heteroatoms. The van der Waals surface area contributed by atoms with Crippen LogP contribution in [-0.2, 0) is 3.07 Å². The second kappa shape index (κ2) is 3.77. The van der Waals surface area contributed by atoms with Crippen molar-refractivity contribution in [1.29, 1.82) is 0 Å². The third-order valence-electron chi connectivity index (χ3n) is 2.88. The van der Waals surface area contributed by atoms with Gasteiger partial charge in [-0.1, -0.05) is 0 Å². The number of rotatable bonds is 1. The van der Waals surface area contributed by atoms with Gasteiger partial charge in [0.25, 0.3) is 0 Å². The van der Waals surface area contributed by atoms with Gasteiger partial charge in [-0.3, -0.25) is 0 Å². The molecule has 0 radical (unpaired) electrons. The maximum absolute atomic E-state index is 5.64. The minimum absolute atomic E-state index is 0.0148. The molecule has 3 unspecified atom stereocenters. The van der Waals surface area contributed by atoms with E-state index in [1.54, 1.807) is 0 Å². The molecule has 12 heavy (non-hydrogen) atoms. The van der Waals surface area contributed by atoms with Crippen molar-refractivity contribution in [2.45, 2.75) is 29.0 Å². The van der Waals surface area contributed by atoms with Crippen LogP contribution in [0.4, 0.5) is 0 Å². The molecule has 0 aromatic carbocycles. The van der Waals surface area contributed by atoms with E-state index in [0.29, 0.717) is 6.04 Å². The van der Waals surface area contributed by atoms with Gasteiger partial charge in [0, 0.05) is 0 Å². The summed E-state index contributed by atoms with van der Waals surface area (Å²) in [6.07, 6.45) is 2.55. The Morgan fingerprint density at radius 3 is 3.00 bits per heavy atom. The molecule has 0 saturated carbocycles. The molecule has 0 aliphatic carbocycles. The predicted octanol–water partition coefficient (Wildman–Crippen LogP) is -2.97. The van der Waals surface area contributed by atoms with E-state index < -0.39 is 0 Å². The molecule has 0 aromatic heterocycles. The van der Waals surface area contributed by atoms with Crippen molar-refractivity contribution in [3.05, 3.63) is 0 Å². The first-order valence-electron chi connectivity index (χ1n) is 4.45. The summed E-state index contributed by atoms with van der Waals surface area (Å²) in [5.41, 5.74) is 0. The van der Waals surface area contributed by atoms with Gasteiger partial charge in [-0.2, -0.15) is 0 Å². The Morgan fingerprint density at radius 1 is 1.50 bits per heavy atom. The zero-order valence-electron chi connectivity index (χ0n) is 7.59. The summed E-state index contributed by atoms with van der Waals surface area (Å²) < 4.78 is 6.40. The standard InChI is InChI=1S/C8H16IN2O/c1-10-6-3-7-5-12-9-8(4-6)11(7)2/h6-8,10H,3-5H2,1-2H3/q-1. The summed E-state index contributed by atoms with van der Waals surface area (Å²) in [7, 11) is 4.33. The second-order valence-corrected chi connectivity index (χ2v) is 6.14. The topological polar surface area (TPSA) is 24.5 Å². The Labute approximate surface area is 84.6 Å². The summed E-state index contributed by atoms with van der Waals surface area (Å²) in [6.45, 7) is 0.971. The van der Waals surface area contributed by atoms with Gasteiger partial charge in [0.15, 0.2) is 0 Å². The molecule has 3 atom stereocenters. The number of nitrogens with one attached hydrogen (secondary N) is 1. The molecule has 2 rings (SSSR count). The number of fused-ring (bicyclic) bond motifs is 2. The van der Waals surface area contributed by atoms with Crippen LogP contribution in [0.2, 0.25) is 0 Å². The van der Waals surface area contributed by atoms with Crippen LogP contribution in [0.1, 0.15) is 12.8 Å². The monoisotopic (exact) mass is 283 g/mol. The molecule has 2 saturated heterocycles. The molecule has 2 bridgehead atoms. The molecular formula is C8H16IN2O-. The minimum atomic E-state index is -0.0148. The van der Waals surface area contributed by atoms with Crippen LogP contribution in [0.3, 0.4) is 0 Å². The van der Waals surface area contributed by atoms with E-state index in [1.807, 2.05) is 0 Å². The SMILES string of the molecule is CNC1CC2CO[I-]C(C1)N2C. The third kappa shape index (κ3) is 1.62. The number of piperidine rings is 1. The Morgan fingerprint density at radius 2 is 2.33 bits per heavy atom. The van der Waals surface area contributed by atoms with E-state index >= 15 is 0 Å². The van der Waals surface area contributed by atoms with Crippen molar-refractivity contribution in [3.63, 3.8) is 0 Å². The summed E-state index contributed by atoms with van der Waals surface area (Å²) in [4.78, 5) is 2.53. The van der Waals surface area contributed by atoms with Crippen LogP contribution in [-0.4, -0.2) is 41.7 Å². The zero-order chi connectivity index (χ0) is 8.55. The van der Waals surface area contributed by atoms with Gasteiger partial charge < -0.3 is 0 Å². The summed E-state index contributed by atoms with van der Waals surface area (Å²) in [6, 6.07) is 1.41. The van der Waals surface area contributed by atoms with Crippen LogP contribution < -0.4 is 26.9 Å². The molecule has 0 amide bonds. The van der Waals surface area contributed by atoms with E-state index in [-0.39, 0.29) is 21.6 Å². The molecule has 3 nitrogen and oxygen atoms in total. The van der Waals surface area contributed by atoms with E-state index in [9.17, 15) is 0 Å². The van der Waals surface area contributed by atoms with Gasteiger partial charge in [0.05, 0.1) is 0 Å². The molecule has 2 fully saturated rings. The molecule has 1 N–H and O–H groups in total. The normalized spacial score (nSPS) is 43.7. The quantitative estimate of drug-likeness (QED) is 0.316. The van der Waals surface area contributed by atoms with Gasteiger partial charge in [0.1, 0.15) is 0 Å². The second-order valence-electron chi connectivity index (χ2n) is 3.58. The molecule has 0 aromatic rings. The fourth-order valence-electron chi connectivity index (χ4n) is 1.92. The van der Waals surface area contributed by atoms with Crippen LogP contribution in [0.5, 0.6) is 0 Å². The molecule has 2 aliphatic heterocycles.